The summed E-state index contributed by atoms with van der Waals surface area (Å²) in [5.41, 5.74) is -0.745. The molecule has 2 atom stereocenters. The van der Waals surface area contributed by atoms with Crippen LogP contribution in [-0.4, -0.2) is 31.7 Å². The van der Waals surface area contributed by atoms with Crippen LogP contribution in [0, 0.1) is 5.92 Å². The van der Waals surface area contributed by atoms with Crippen molar-refractivity contribution in [3.8, 4) is 0 Å². The van der Waals surface area contributed by atoms with Crippen molar-refractivity contribution in [1.82, 2.24) is 10.0 Å². The quantitative estimate of drug-likeness (QED) is 0.716. The molecule has 102 valence electrons. The second-order valence-corrected chi connectivity index (χ2v) is 7.64. The lowest BCUT2D eigenvalue weighted by Gasteiger charge is -2.18. The number of likely N-dealkylation sites (N-methyl/N-ethyl adjacent to an activating group) is 1. The van der Waals surface area contributed by atoms with Gasteiger partial charge in [0.25, 0.3) is 5.91 Å². The van der Waals surface area contributed by atoms with Gasteiger partial charge in [0.15, 0.2) is 0 Å². The van der Waals surface area contributed by atoms with Gasteiger partial charge in [-0.1, -0.05) is 12.2 Å². The summed E-state index contributed by atoms with van der Waals surface area (Å²) in [6.07, 6.45) is 5.71. The molecule has 18 heavy (non-hydrogen) atoms. The number of hydrogen-bond donors (Lipinski definition) is 2. The minimum Gasteiger partial charge on any atom is -0.306 e. The van der Waals surface area contributed by atoms with E-state index in [9.17, 15) is 13.2 Å². The van der Waals surface area contributed by atoms with E-state index in [1.54, 1.807) is 14.0 Å². The monoisotopic (exact) mass is 272 g/mol. The number of allylic oxidation sites excluding steroid dienone is 1. The number of carbonyl (C=O) groups is 1. The molecule has 5 nitrogen and oxygen atoms in total. The van der Waals surface area contributed by atoms with Crippen molar-refractivity contribution in [2.45, 2.75) is 43.4 Å². The predicted octanol–water partition coefficient (Wildman–Crippen LogP) is 0.539. The Labute approximate surface area is 108 Å². The van der Waals surface area contributed by atoms with Gasteiger partial charge >= 0.3 is 0 Å². The predicted molar refractivity (Wildman–Crippen MR) is 69.4 cm³/mol. The molecular weight excluding hydrogens is 252 g/mol. The molecule has 2 rings (SSSR count). The third-order valence-electron chi connectivity index (χ3n) is 4.12. The van der Waals surface area contributed by atoms with Crippen molar-refractivity contribution < 1.29 is 13.2 Å². The van der Waals surface area contributed by atoms with Gasteiger partial charge in [-0.25, -0.2) is 8.42 Å². The molecule has 6 heteroatoms. The van der Waals surface area contributed by atoms with Gasteiger partial charge in [0.05, 0.1) is 4.75 Å². The molecule has 0 aromatic carbocycles. The van der Waals surface area contributed by atoms with Crippen LogP contribution < -0.4 is 10.0 Å². The first-order chi connectivity index (χ1) is 8.31. The molecule has 0 bridgehead atoms. The maximum absolute atomic E-state index is 12.1. The number of hydrogen-bond acceptors (Lipinski definition) is 4. The summed E-state index contributed by atoms with van der Waals surface area (Å²) < 4.78 is 25.5. The van der Waals surface area contributed by atoms with Crippen molar-refractivity contribution in [2.75, 3.05) is 7.05 Å². The number of amides is 1. The molecular formula is C12H20N2O3S. The summed E-state index contributed by atoms with van der Waals surface area (Å²) in [6, 6.07) is 0. The van der Waals surface area contributed by atoms with Crippen molar-refractivity contribution in [2.24, 2.45) is 5.92 Å². The van der Waals surface area contributed by atoms with Crippen LogP contribution in [-0.2, 0) is 14.8 Å². The Hall–Kier alpha value is -0.880. The van der Waals surface area contributed by atoms with Crippen LogP contribution in [0.4, 0.5) is 0 Å². The van der Waals surface area contributed by atoms with E-state index >= 15 is 0 Å². The van der Waals surface area contributed by atoms with Gasteiger partial charge in [0.1, 0.15) is 5.54 Å². The Balaban J connectivity index is 2.09. The van der Waals surface area contributed by atoms with E-state index in [-0.39, 0.29) is 5.92 Å². The Morgan fingerprint density at radius 1 is 1.39 bits per heavy atom. The Morgan fingerprint density at radius 2 is 2.00 bits per heavy atom. The molecule has 0 heterocycles. The highest BCUT2D eigenvalue weighted by atomic mass is 32.2. The summed E-state index contributed by atoms with van der Waals surface area (Å²) >= 11 is 0. The average Bonchev–Trinajstić information content (AvgIpc) is 3.16. The molecule has 0 aromatic rings. The van der Waals surface area contributed by atoms with Crippen LogP contribution in [0.1, 0.15) is 33.1 Å². The smallest absolute Gasteiger partial charge is 0.254 e. The van der Waals surface area contributed by atoms with E-state index in [0.717, 1.165) is 0 Å². The third-order valence-corrected chi connectivity index (χ3v) is 6.28. The van der Waals surface area contributed by atoms with Crippen LogP contribution in [0.2, 0.25) is 0 Å². The normalized spacial score (nSPS) is 33.4. The molecule has 2 N–H and O–H groups in total. The minimum atomic E-state index is -3.54. The molecule has 2 unspecified atom stereocenters. The zero-order valence-electron chi connectivity index (χ0n) is 11.0. The third kappa shape index (κ3) is 1.97. The summed E-state index contributed by atoms with van der Waals surface area (Å²) in [6.45, 7) is 3.56. The van der Waals surface area contributed by atoms with E-state index in [1.165, 1.54) is 0 Å². The van der Waals surface area contributed by atoms with Gasteiger partial charge in [-0.15, -0.1) is 0 Å². The van der Waals surface area contributed by atoms with Crippen LogP contribution in [0.3, 0.4) is 0 Å². The lowest BCUT2D eigenvalue weighted by atomic mass is 10.2. The van der Waals surface area contributed by atoms with Gasteiger partial charge in [0, 0.05) is 5.92 Å². The topological polar surface area (TPSA) is 75.3 Å². The van der Waals surface area contributed by atoms with Gasteiger partial charge in [-0.2, -0.15) is 0 Å². The zero-order chi connectivity index (χ0) is 13.6. The molecule has 0 aromatic heterocycles. The molecule has 2 saturated carbocycles. The van der Waals surface area contributed by atoms with Crippen LogP contribution in [0.25, 0.3) is 0 Å². The highest BCUT2D eigenvalue weighted by molar-refractivity contribution is 7.91. The van der Waals surface area contributed by atoms with Crippen LogP contribution in [0.15, 0.2) is 12.2 Å². The van der Waals surface area contributed by atoms with Crippen LogP contribution >= 0.6 is 0 Å². The van der Waals surface area contributed by atoms with Crippen LogP contribution in [0.5, 0.6) is 0 Å². The van der Waals surface area contributed by atoms with E-state index in [4.69, 9.17) is 0 Å². The van der Waals surface area contributed by atoms with Crippen molar-refractivity contribution in [1.29, 1.82) is 0 Å². The largest absolute Gasteiger partial charge is 0.306 e. The second kappa shape index (κ2) is 4.06. The first-order valence-electron chi connectivity index (χ1n) is 6.20. The Bertz CT molecular complexity index is 493. The van der Waals surface area contributed by atoms with Gasteiger partial charge in [0.2, 0.25) is 10.0 Å². The lowest BCUT2D eigenvalue weighted by Crippen LogP contribution is -2.50. The average molecular weight is 272 g/mol. The molecule has 2 aliphatic rings. The van der Waals surface area contributed by atoms with E-state index in [0.29, 0.717) is 19.3 Å². The first kappa shape index (κ1) is 13.5. The lowest BCUT2D eigenvalue weighted by molar-refractivity contribution is -0.122. The fourth-order valence-corrected chi connectivity index (χ4v) is 3.51. The molecule has 1 amide bonds. The minimum absolute atomic E-state index is 0.0784. The number of sulfonamides is 1. The van der Waals surface area contributed by atoms with Crippen molar-refractivity contribution in [3.05, 3.63) is 12.2 Å². The van der Waals surface area contributed by atoms with Crippen molar-refractivity contribution in [3.63, 3.8) is 0 Å². The second-order valence-electron chi connectivity index (χ2n) is 5.44. The standard InChI is InChI=1S/C12H20N2O3S/c1-4-5-9-8-12(9,13-3)10(15)14-18(16,17)11(2)6-7-11/h4-5,9,13H,6-8H2,1-3H3,(H,14,15). The number of rotatable bonds is 5. The zero-order valence-corrected chi connectivity index (χ0v) is 11.8. The molecule has 0 radical (unpaired) electrons. The number of carbonyl (C=O) groups excluding carboxylic acids is 1. The highest BCUT2D eigenvalue weighted by Crippen LogP contribution is 2.46. The molecule has 0 saturated heterocycles. The Morgan fingerprint density at radius 3 is 2.44 bits per heavy atom. The maximum Gasteiger partial charge on any atom is 0.254 e. The fourth-order valence-electron chi connectivity index (χ4n) is 2.20. The van der Waals surface area contributed by atoms with Gasteiger partial charge in [-0.05, 0) is 40.2 Å². The highest BCUT2D eigenvalue weighted by Gasteiger charge is 2.60. The molecule has 0 aliphatic heterocycles. The molecule has 0 spiro atoms. The molecule has 2 fully saturated rings. The summed E-state index contributed by atoms with van der Waals surface area (Å²) in [4.78, 5) is 12.1. The first-order valence-corrected chi connectivity index (χ1v) is 7.68. The number of nitrogens with one attached hydrogen (secondary N) is 2. The van der Waals surface area contributed by atoms with Gasteiger partial charge in [-0.3, -0.25) is 9.52 Å². The summed E-state index contributed by atoms with van der Waals surface area (Å²) in [5.74, 6) is -0.351. The maximum atomic E-state index is 12.1. The van der Waals surface area contributed by atoms with Crippen molar-refractivity contribution >= 4 is 15.9 Å². The Kier molecular flexibility index (Phi) is 3.06. The summed E-state index contributed by atoms with van der Waals surface area (Å²) in [5, 5.41) is 2.95. The SMILES string of the molecule is CC=CC1CC1(NC)C(=O)NS(=O)(=O)C1(C)CC1. The van der Waals surface area contributed by atoms with E-state index < -0.39 is 26.2 Å². The van der Waals surface area contributed by atoms with Gasteiger partial charge < -0.3 is 5.32 Å². The van der Waals surface area contributed by atoms with E-state index in [2.05, 4.69) is 10.0 Å². The summed E-state index contributed by atoms with van der Waals surface area (Å²) in [7, 11) is -1.85. The molecule has 2 aliphatic carbocycles. The van der Waals surface area contributed by atoms with E-state index in [1.807, 2.05) is 19.1 Å². The fraction of sp³-hybridized carbons (Fsp3) is 0.750.